The second-order valence-electron chi connectivity index (χ2n) is 9.39. The molecule has 1 aliphatic rings. The molecule has 184 valence electrons. The smallest absolute Gasteiger partial charge is 0.338 e. The minimum atomic E-state index is -3.69. The third kappa shape index (κ3) is 6.04. The molecule has 0 atom stereocenters. The first-order chi connectivity index (χ1) is 16.0. The van der Waals surface area contributed by atoms with Crippen molar-refractivity contribution >= 4 is 21.9 Å². The first kappa shape index (κ1) is 25.9. The first-order valence-electron chi connectivity index (χ1n) is 11.7. The van der Waals surface area contributed by atoms with Crippen LogP contribution < -0.4 is 5.32 Å². The van der Waals surface area contributed by atoms with Crippen molar-refractivity contribution in [2.24, 2.45) is 5.92 Å². The molecule has 0 spiro atoms. The molecule has 8 heteroatoms. The van der Waals surface area contributed by atoms with Gasteiger partial charge in [0.15, 0.2) is 0 Å². The van der Waals surface area contributed by atoms with Crippen molar-refractivity contribution in [3.05, 3.63) is 65.2 Å². The van der Waals surface area contributed by atoms with Crippen molar-refractivity contribution in [3.63, 3.8) is 0 Å². The van der Waals surface area contributed by atoms with Gasteiger partial charge >= 0.3 is 5.97 Å². The fourth-order valence-electron chi connectivity index (χ4n) is 4.11. The number of hydrogen-bond acceptors (Lipinski definition) is 5. The van der Waals surface area contributed by atoms with Gasteiger partial charge in [-0.05, 0) is 56.5 Å². The number of amides is 1. The van der Waals surface area contributed by atoms with Gasteiger partial charge in [0.05, 0.1) is 17.1 Å². The van der Waals surface area contributed by atoms with Crippen molar-refractivity contribution in [1.29, 1.82) is 0 Å². The highest BCUT2D eigenvalue weighted by molar-refractivity contribution is 7.89. The largest absolute Gasteiger partial charge is 0.462 e. The first-order valence-corrected chi connectivity index (χ1v) is 13.1. The van der Waals surface area contributed by atoms with Crippen molar-refractivity contribution in [2.75, 3.05) is 26.2 Å². The third-order valence-corrected chi connectivity index (χ3v) is 8.24. The molecule has 0 aromatic heterocycles. The summed E-state index contributed by atoms with van der Waals surface area (Å²) in [6.45, 7) is 9.29. The summed E-state index contributed by atoms with van der Waals surface area (Å²) >= 11 is 0. The highest BCUT2D eigenvalue weighted by Crippen LogP contribution is 2.26. The molecule has 2 aromatic carbocycles. The van der Waals surface area contributed by atoms with Crippen LogP contribution in [0.5, 0.6) is 0 Å². The Morgan fingerprint density at radius 1 is 1.09 bits per heavy atom. The average Bonchev–Trinajstić information content (AvgIpc) is 2.83. The minimum Gasteiger partial charge on any atom is -0.462 e. The van der Waals surface area contributed by atoms with Crippen LogP contribution in [0, 0.1) is 12.8 Å². The quantitative estimate of drug-likeness (QED) is 0.575. The zero-order valence-corrected chi connectivity index (χ0v) is 21.2. The highest BCUT2D eigenvalue weighted by atomic mass is 32.2. The number of ether oxygens (including phenoxy) is 1. The topological polar surface area (TPSA) is 92.8 Å². The molecule has 34 heavy (non-hydrogen) atoms. The maximum absolute atomic E-state index is 13.0. The third-order valence-electron chi connectivity index (χ3n) is 6.33. The van der Waals surface area contributed by atoms with E-state index in [0.717, 1.165) is 0 Å². The predicted octanol–water partition coefficient (Wildman–Crippen LogP) is 3.67. The van der Waals surface area contributed by atoms with Gasteiger partial charge in [-0.3, -0.25) is 4.79 Å². The van der Waals surface area contributed by atoms with Gasteiger partial charge in [0, 0.05) is 31.0 Å². The molecule has 3 rings (SSSR count). The number of piperidine rings is 1. The molecule has 7 nitrogen and oxygen atoms in total. The summed E-state index contributed by atoms with van der Waals surface area (Å²) in [5, 5.41) is 3.07. The number of aryl methyl sites for hydroxylation is 1. The van der Waals surface area contributed by atoms with Crippen LogP contribution in [0.25, 0.3) is 0 Å². The zero-order valence-electron chi connectivity index (χ0n) is 20.3. The van der Waals surface area contributed by atoms with Crippen molar-refractivity contribution in [3.8, 4) is 0 Å². The Morgan fingerprint density at radius 3 is 2.32 bits per heavy atom. The molecular weight excluding hydrogens is 452 g/mol. The Labute approximate surface area is 202 Å². The van der Waals surface area contributed by atoms with E-state index in [0.29, 0.717) is 24.9 Å². The number of rotatable bonds is 8. The summed E-state index contributed by atoms with van der Waals surface area (Å²) in [4.78, 5) is 24.7. The van der Waals surface area contributed by atoms with E-state index < -0.39 is 16.0 Å². The monoisotopic (exact) mass is 486 g/mol. The van der Waals surface area contributed by atoms with Crippen molar-refractivity contribution in [1.82, 2.24) is 9.62 Å². The van der Waals surface area contributed by atoms with Crippen LogP contribution in [-0.2, 0) is 25.0 Å². The summed E-state index contributed by atoms with van der Waals surface area (Å²) in [7, 11) is -3.69. The van der Waals surface area contributed by atoms with Gasteiger partial charge in [0.1, 0.15) is 0 Å². The number of carbonyl (C=O) groups is 2. The predicted molar refractivity (Wildman–Crippen MR) is 131 cm³/mol. The second-order valence-corrected chi connectivity index (χ2v) is 11.3. The maximum Gasteiger partial charge on any atom is 0.338 e. The molecule has 0 bridgehead atoms. The molecule has 1 N–H and O–H groups in total. The van der Waals surface area contributed by atoms with Gasteiger partial charge < -0.3 is 10.1 Å². The highest BCUT2D eigenvalue weighted by Gasteiger charge is 2.33. The summed E-state index contributed by atoms with van der Waals surface area (Å²) in [6.07, 6.45) is 0.938. The Kier molecular flexibility index (Phi) is 8.15. The summed E-state index contributed by atoms with van der Waals surface area (Å²) in [6, 6.07) is 14.0. The Bertz CT molecular complexity index is 1120. The fourth-order valence-corrected chi connectivity index (χ4v) is 5.58. The lowest BCUT2D eigenvalue weighted by molar-refractivity contribution is -0.126. The summed E-state index contributed by atoms with van der Waals surface area (Å²) in [5.74, 6) is -0.730. The molecule has 1 heterocycles. The van der Waals surface area contributed by atoms with Gasteiger partial charge in [-0.1, -0.05) is 43.7 Å². The van der Waals surface area contributed by atoms with Crippen LogP contribution in [0.3, 0.4) is 0 Å². The van der Waals surface area contributed by atoms with E-state index in [1.165, 1.54) is 39.7 Å². The molecule has 0 aliphatic carbocycles. The maximum atomic E-state index is 13.0. The summed E-state index contributed by atoms with van der Waals surface area (Å²) < 4.78 is 32.4. The fraction of sp³-hybridized carbons (Fsp3) is 0.462. The number of esters is 1. The van der Waals surface area contributed by atoms with Gasteiger partial charge in [-0.15, -0.1) is 0 Å². The number of benzene rings is 2. The number of carbonyl (C=O) groups excluding carboxylic acids is 2. The minimum absolute atomic E-state index is 0.0310. The molecule has 0 saturated carbocycles. The number of nitrogens with zero attached hydrogens (tertiary/aromatic N) is 1. The van der Waals surface area contributed by atoms with Gasteiger partial charge in [0.2, 0.25) is 15.9 Å². The molecule has 1 saturated heterocycles. The van der Waals surface area contributed by atoms with Crippen LogP contribution in [0.15, 0.2) is 53.4 Å². The van der Waals surface area contributed by atoms with E-state index in [1.54, 1.807) is 6.92 Å². The lowest BCUT2D eigenvalue weighted by Gasteiger charge is -2.32. The molecular formula is C26H34N2O5S. The van der Waals surface area contributed by atoms with E-state index in [2.05, 4.69) is 44.3 Å². The normalized spacial score (nSPS) is 15.6. The molecule has 1 amide bonds. The lowest BCUT2D eigenvalue weighted by Crippen LogP contribution is -2.45. The van der Waals surface area contributed by atoms with Crippen molar-refractivity contribution < 1.29 is 22.7 Å². The number of sulfonamides is 1. The van der Waals surface area contributed by atoms with Gasteiger partial charge in [-0.2, -0.15) is 4.31 Å². The zero-order chi connectivity index (χ0) is 24.9. The van der Waals surface area contributed by atoms with Crippen molar-refractivity contribution in [2.45, 2.75) is 50.8 Å². The Morgan fingerprint density at radius 2 is 1.74 bits per heavy atom. The van der Waals surface area contributed by atoms with Gasteiger partial charge in [-0.25, -0.2) is 13.2 Å². The van der Waals surface area contributed by atoms with E-state index in [9.17, 15) is 18.0 Å². The molecule has 2 aromatic rings. The van der Waals surface area contributed by atoms with E-state index in [-0.39, 0.29) is 41.8 Å². The summed E-state index contributed by atoms with van der Waals surface area (Å²) in [5.41, 5.74) is 2.45. The molecule has 0 unspecified atom stereocenters. The van der Waals surface area contributed by atoms with Gasteiger partial charge in [0.25, 0.3) is 0 Å². The molecule has 1 fully saturated rings. The average molecular weight is 487 g/mol. The van der Waals surface area contributed by atoms with Crippen LogP contribution in [0.2, 0.25) is 0 Å². The van der Waals surface area contributed by atoms with Crippen LogP contribution in [-0.4, -0.2) is 50.8 Å². The number of hydrogen-bond donors (Lipinski definition) is 1. The Hall–Kier alpha value is -2.71. The van der Waals surface area contributed by atoms with Crippen LogP contribution >= 0.6 is 0 Å². The van der Waals surface area contributed by atoms with Crippen LogP contribution in [0.4, 0.5) is 0 Å². The SMILES string of the molecule is CCOC(=O)c1ccc(S(=O)(=O)N2CCC(C(=O)NCC(C)(C)c3cccc(C)c3)CC2)cc1. The molecule has 1 aliphatic heterocycles. The second kappa shape index (κ2) is 10.7. The van der Waals surface area contributed by atoms with E-state index >= 15 is 0 Å². The lowest BCUT2D eigenvalue weighted by atomic mass is 9.83. The number of nitrogens with one attached hydrogen (secondary N) is 1. The molecule has 0 radical (unpaired) electrons. The standard InChI is InChI=1S/C26H34N2O5S/c1-5-33-25(30)21-9-11-23(12-10-21)34(31,32)28-15-13-20(14-16-28)24(29)27-18-26(3,4)22-8-6-7-19(2)17-22/h6-12,17,20H,5,13-16,18H2,1-4H3,(H,27,29). The van der Waals surface area contributed by atoms with Crippen LogP contribution in [0.1, 0.15) is 55.1 Å². The Balaban J connectivity index is 1.55. The van der Waals surface area contributed by atoms with E-state index in [1.807, 2.05) is 6.07 Å². The van der Waals surface area contributed by atoms with E-state index in [4.69, 9.17) is 4.74 Å².